The van der Waals surface area contributed by atoms with Crippen LogP contribution in [0, 0.1) is 5.92 Å². The summed E-state index contributed by atoms with van der Waals surface area (Å²) in [6.07, 6.45) is 1.02. The van der Waals surface area contributed by atoms with Crippen molar-refractivity contribution in [3.8, 4) is 11.5 Å². The van der Waals surface area contributed by atoms with Crippen molar-refractivity contribution in [1.29, 1.82) is 0 Å². The Morgan fingerprint density at radius 2 is 2.16 bits per heavy atom. The highest BCUT2D eigenvalue weighted by Crippen LogP contribution is 2.36. The highest BCUT2D eigenvalue weighted by Gasteiger charge is 2.35. The Morgan fingerprint density at radius 1 is 1.26 bits per heavy atom. The van der Waals surface area contributed by atoms with Crippen molar-refractivity contribution in [3.05, 3.63) is 23.8 Å². The van der Waals surface area contributed by atoms with Gasteiger partial charge in [-0.25, -0.2) is 0 Å². The number of hydrogen-bond acceptors (Lipinski definition) is 5. The lowest BCUT2D eigenvalue weighted by Crippen LogP contribution is -2.38. The van der Waals surface area contributed by atoms with Crippen LogP contribution in [0.15, 0.2) is 23.3 Å². The normalized spacial score (nSPS) is 25.3. The first-order valence-corrected chi connectivity index (χ1v) is 6.58. The molecule has 2 atom stereocenters. The predicted octanol–water partition coefficient (Wildman–Crippen LogP) is 1.31. The average Bonchev–Trinajstić information content (AvgIpc) is 2.90. The van der Waals surface area contributed by atoms with Gasteiger partial charge in [0.15, 0.2) is 0 Å². The van der Waals surface area contributed by atoms with Crippen LogP contribution in [-0.4, -0.2) is 33.0 Å². The van der Waals surface area contributed by atoms with Crippen molar-refractivity contribution < 1.29 is 9.47 Å². The van der Waals surface area contributed by atoms with E-state index in [0.29, 0.717) is 5.92 Å². The largest absolute Gasteiger partial charge is 0.497 e. The molecule has 1 aromatic carbocycles. The van der Waals surface area contributed by atoms with E-state index in [0.717, 1.165) is 36.6 Å². The molecule has 2 heterocycles. The summed E-state index contributed by atoms with van der Waals surface area (Å²) in [5, 5.41) is 7.90. The number of ether oxygens (including phenoxy) is 2. The van der Waals surface area contributed by atoms with Crippen LogP contribution in [0.25, 0.3) is 0 Å². The quantitative estimate of drug-likeness (QED) is 0.861. The van der Waals surface area contributed by atoms with E-state index >= 15 is 0 Å². The van der Waals surface area contributed by atoms with Gasteiger partial charge in [-0.1, -0.05) is 0 Å². The van der Waals surface area contributed by atoms with Crippen molar-refractivity contribution in [1.82, 2.24) is 10.7 Å². The molecule has 2 unspecified atom stereocenters. The van der Waals surface area contributed by atoms with Gasteiger partial charge in [0.2, 0.25) is 0 Å². The minimum atomic E-state index is 0.184. The van der Waals surface area contributed by atoms with Crippen LogP contribution < -0.4 is 20.2 Å². The Bertz CT molecular complexity index is 501. The molecular weight excluding hydrogens is 242 g/mol. The van der Waals surface area contributed by atoms with Gasteiger partial charge in [0.25, 0.3) is 0 Å². The summed E-state index contributed by atoms with van der Waals surface area (Å²) in [4.78, 5) is 0. The van der Waals surface area contributed by atoms with Gasteiger partial charge in [0.05, 0.1) is 20.3 Å². The first kappa shape index (κ1) is 12.3. The van der Waals surface area contributed by atoms with Crippen LogP contribution in [0.1, 0.15) is 18.0 Å². The smallest absolute Gasteiger partial charge is 0.127 e. The van der Waals surface area contributed by atoms with E-state index in [1.54, 1.807) is 14.2 Å². The fraction of sp³-hybridized carbons (Fsp3) is 0.500. The molecule has 5 heteroatoms. The van der Waals surface area contributed by atoms with Crippen molar-refractivity contribution in [2.24, 2.45) is 11.0 Å². The predicted molar refractivity (Wildman–Crippen MR) is 73.8 cm³/mol. The van der Waals surface area contributed by atoms with Gasteiger partial charge >= 0.3 is 0 Å². The Morgan fingerprint density at radius 3 is 2.95 bits per heavy atom. The summed E-state index contributed by atoms with van der Waals surface area (Å²) in [7, 11) is 3.35. The lowest BCUT2D eigenvalue weighted by molar-refractivity contribution is 0.376. The number of piperidine rings is 1. The first-order chi connectivity index (χ1) is 9.33. The van der Waals surface area contributed by atoms with Crippen LogP contribution in [0.2, 0.25) is 0 Å². The lowest BCUT2D eigenvalue weighted by Gasteiger charge is -2.26. The summed E-state index contributed by atoms with van der Waals surface area (Å²) < 4.78 is 10.7. The lowest BCUT2D eigenvalue weighted by atomic mass is 9.87. The molecule has 2 aliphatic heterocycles. The molecule has 0 bridgehead atoms. The van der Waals surface area contributed by atoms with Crippen molar-refractivity contribution in [3.63, 3.8) is 0 Å². The molecule has 0 amide bonds. The highest BCUT2D eigenvalue weighted by molar-refractivity contribution is 5.90. The third-order valence-electron chi connectivity index (χ3n) is 3.88. The van der Waals surface area contributed by atoms with Gasteiger partial charge in [-0.2, -0.15) is 5.10 Å². The molecule has 1 saturated heterocycles. The number of methoxy groups -OCH3 is 2. The number of rotatable bonds is 3. The van der Waals surface area contributed by atoms with Crippen LogP contribution in [0.4, 0.5) is 0 Å². The molecule has 102 valence electrons. The Balaban J connectivity index is 1.90. The first-order valence-electron chi connectivity index (χ1n) is 6.58. The van der Waals surface area contributed by atoms with Gasteiger partial charge in [-0.15, -0.1) is 0 Å². The minimum absolute atomic E-state index is 0.184. The molecule has 0 aliphatic carbocycles. The van der Waals surface area contributed by atoms with Crippen LogP contribution in [0.3, 0.4) is 0 Å². The zero-order valence-electron chi connectivity index (χ0n) is 11.3. The maximum absolute atomic E-state index is 5.49. The number of benzene rings is 1. The summed E-state index contributed by atoms with van der Waals surface area (Å²) in [6.45, 7) is 1.98. The second-order valence-electron chi connectivity index (χ2n) is 4.88. The standard InChI is InChI=1S/C14H19N3O2/c1-18-9-3-4-10(13(7-9)19-2)14-11-8-15-6-5-12(11)16-17-14/h3-4,7,11,14-15,17H,5-6,8H2,1-2H3. The molecule has 19 heavy (non-hydrogen) atoms. The van der Waals surface area contributed by atoms with Gasteiger partial charge in [-0.05, 0) is 12.1 Å². The fourth-order valence-corrected chi connectivity index (χ4v) is 2.83. The third kappa shape index (κ3) is 2.14. The molecule has 2 N–H and O–H groups in total. The van der Waals surface area contributed by atoms with Crippen LogP contribution in [-0.2, 0) is 0 Å². The average molecular weight is 261 g/mol. The number of nitrogens with zero attached hydrogens (tertiary/aromatic N) is 1. The molecular formula is C14H19N3O2. The van der Waals surface area contributed by atoms with Crippen molar-refractivity contribution >= 4 is 5.71 Å². The SMILES string of the molecule is COc1ccc(C2NN=C3CCNCC32)c(OC)c1. The van der Waals surface area contributed by atoms with Crippen molar-refractivity contribution in [2.75, 3.05) is 27.3 Å². The van der Waals surface area contributed by atoms with E-state index in [4.69, 9.17) is 9.47 Å². The molecule has 5 nitrogen and oxygen atoms in total. The molecule has 0 aromatic heterocycles. The number of hydrazone groups is 1. The molecule has 0 saturated carbocycles. The Labute approximate surface area is 113 Å². The van der Waals surface area contributed by atoms with Crippen LogP contribution >= 0.6 is 0 Å². The molecule has 0 radical (unpaired) electrons. The zero-order chi connectivity index (χ0) is 13.2. The van der Waals surface area contributed by atoms with Crippen LogP contribution in [0.5, 0.6) is 11.5 Å². The monoisotopic (exact) mass is 261 g/mol. The Kier molecular flexibility index (Phi) is 3.29. The third-order valence-corrected chi connectivity index (χ3v) is 3.88. The fourth-order valence-electron chi connectivity index (χ4n) is 2.83. The molecule has 0 spiro atoms. The maximum atomic E-state index is 5.49. The summed E-state index contributed by atoms with van der Waals surface area (Å²) in [5.74, 6) is 2.07. The molecule has 1 fully saturated rings. The topological polar surface area (TPSA) is 54.9 Å². The molecule has 2 aliphatic rings. The summed E-state index contributed by atoms with van der Waals surface area (Å²) >= 11 is 0. The van der Waals surface area contributed by atoms with Gasteiger partial charge in [0, 0.05) is 42.8 Å². The second-order valence-corrected chi connectivity index (χ2v) is 4.88. The summed E-state index contributed by atoms with van der Waals surface area (Å²) in [5.41, 5.74) is 5.65. The van der Waals surface area contributed by atoms with Crippen molar-refractivity contribution in [2.45, 2.75) is 12.5 Å². The Hall–Kier alpha value is -1.75. The zero-order valence-corrected chi connectivity index (χ0v) is 11.3. The van der Waals surface area contributed by atoms with E-state index in [9.17, 15) is 0 Å². The second kappa shape index (κ2) is 5.09. The van der Waals surface area contributed by atoms with Gasteiger partial charge in [0.1, 0.15) is 11.5 Å². The van der Waals surface area contributed by atoms with E-state index in [1.807, 2.05) is 12.1 Å². The summed E-state index contributed by atoms with van der Waals surface area (Å²) in [6, 6.07) is 6.13. The minimum Gasteiger partial charge on any atom is -0.497 e. The number of nitrogens with one attached hydrogen (secondary N) is 2. The number of hydrogen-bond donors (Lipinski definition) is 2. The maximum Gasteiger partial charge on any atom is 0.127 e. The molecule has 1 aromatic rings. The highest BCUT2D eigenvalue weighted by atomic mass is 16.5. The van der Waals surface area contributed by atoms with Gasteiger partial charge in [-0.3, -0.25) is 0 Å². The number of fused-ring (bicyclic) bond motifs is 1. The van der Waals surface area contributed by atoms with E-state index in [1.165, 1.54) is 5.71 Å². The van der Waals surface area contributed by atoms with E-state index < -0.39 is 0 Å². The van der Waals surface area contributed by atoms with E-state index in [-0.39, 0.29) is 6.04 Å². The molecule has 3 rings (SSSR count). The van der Waals surface area contributed by atoms with Gasteiger partial charge < -0.3 is 20.2 Å². The van der Waals surface area contributed by atoms with E-state index in [2.05, 4.69) is 21.9 Å².